The minimum absolute atomic E-state index is 0. The Balaban J connectivity index is -0.000000720. The van der Waals surface area contributed by atoms with Gasteiger partial charge in [0.25, 0.3) is 10.3 Å². The lowest BCUT2D eigenvalue weighted by Gasteiger charge is -1.97. The van der Waals surface area contributed by atoms with Gasteiger partial charge < -0.3 is 34.0 Å². The second-order valence-corrected chi connectivity index (χ2v) is 5.68. The summed E-state index contributed by atoms with van der Waals surface area (Å²) in [5.41, 5.74) is 10.6. The van der Waals surface area contributed by atoms with Crippen LogP contribution < -0.4 is 56.2 Å². The van der Waals surface area contributed by atoms with Crippen molar-refractivity contribution < 1.29 is 44.8 Å². The number of thioether (sulfide) groups is 3. The van der Waals surface area contributed by atoms with Crippen LogP contribution in [-0.4, -0.2) is 33.3 Å². The van der Waals surface area contributed by atoms with Gasteiger partial charge in [0, 0.05) is 23.0 Å². The summed E-state index contributed by atoms with van der Waals surface area (Å²) in [5, 5.41) is 11.4. The highest BCUT2D eigenvalue weighted by atomic mass is 79.9. The standard InChI is InChI=1S/C6H14N4S3.2BrH/c7-5(8)12-3-1-11-2-4-13-6(9)10;;/h1-4H2,(H3,7,8)(H3,9,10);2*1H. The third-order valence-electron chi connectivity index (χ3n) is 0.993. The van der Waals surface area contributed by atoms with E-state index >= 15 is 0 Å². The van der Waals surface area contributed by atoms with Crippen LogP contribution in [0.4, 0.5) is 0 Å². The Kier molecular flexibility index (Phi) is 21.2. The van der Waals surface area contributed by atoms with Gasteiger partial charge in [0.1, 0.15) is 0 Å². The molecule has 0 unspecified atom stereocenters. The predicted octanol–water partition coefficient (Wildman–Crippen LogP) is -8.66. The minimum atomic E-state index is 0. The summed E-state index contributed by atoms with van der Waals surface area (Å²) in [6.45, 7) is 0. The zero-order chi connectivity index (χ0) is 10.1. The van der Waals surface area contributed by atoms with Crippen LogP contribution in [0.3, 0.4) is 0 Å². The van der Waals surface area contributed by atoms with Crippen molar-refractivity contribution >= 4 is 45.6 Å². The maximum absolute atomic E-state index is 5.28. The van der Waals surface area contributed by atoms with Gasteiger partial charge in [-0.15, -0.1) is 0 Å². The smallest absolute Gasteiger partial charge is 0.299 e. The number of amidine groups is 2. The van der Waals surface area contributed by atoms with Crippen molar-refractivity contribution in [3.8, 4) is 0 Å². The van der Waals surface area contributed by atoms with Crippen LogP contribution >= 0.6 is 35.3 Å². The van der Waals surface area contributed by atoms with Crippen molar-refractivity contribution in [2.75, 3.05) is 23.0 Å². The van der Waals surface area contributed by atoms with E-state index in [1.54, 1.807) is 0 Å². The molecule has 0 saturated heterocycles. The number of rotatable bonds is 6. The molecule has 0 bridgehead atoms. The van der Waals surface area contributed by atoms with E-state index in [0.717, 1.165) is 23.0 Å². The molecule has 0 fully saturated rings. The van der Waals surface area contributed by atoms with Crippen molar-refractivity contribution in [1.82, 2.24) is 0 Å². The Morgan fingerprint density at radius 2 is 1.13 bits per heavy atom. The highest BCUT2D eigenvalue weighted by molar-refractivity contribution is 8.15. The summed E-state index contributed by atoms with van der Waals surface area (Å²) < 4.78 is 0. The molecule has 15 heavy (non-hydrogen) atoms. The first-order chi connectivity index (χ1) is 6.13. The maximum atomic E-state index is 5.28. The largest absolute Gasteiger partial charge is 1.00 e. The number of hydrogen-bond donors (Lipinski definition) is 4. The molecule has 0 rings (SSSR count). The summed E-state index contributed by atoms with van der Waals surface area (Å²) in [5.74, 6) is 4.01. The highest BCUT2D eigenvalue weighted by Gasteiger charge is 1.98. The topological polar surface area (TPSA) is 103 Å². The fourth-order valence-electron chi connectivity index (χ4n) is 0.539. The van der Waals surface area contributed by atoms with E-state index in [2.05, 4.69) is 0 Å². The summed E-state index contributed by atoms with van der Waals surface area (Å²) in [6, 6.07) is 0. The van der Waals surface area contributed by atoms with Gasteiger partial charge >= 0.3 is 0 Å². The third-order valence-corrected chi connectivity index (χ3v) is 3.98. The van der Waals surface area contributed by atoms with E-state index < -0.39 is 0 Å². The van der Waals surface area contributed by atoms with Crippen LogP contribution in [0, 0.1) is 0 Å². The quantitative estimate of drug-likeness (QED) is 0.202. The number of hydrogen-bond acceptors (Lipinski definition) is 3. The number of halogens is 2. The lowest BCUT2D eigenvalue weighted by molar-refractivity contribution is -0.110. The Labute approximate surface area is 124 Å². The first kappa shape index (κ1) is 21.3. The van der Waals surface area contributed by atoms with Crippen molar-refractivity contribution in [2.24, 2.45) is 11.5 Å². The normalized spacial score (nSPS) is 8.53. The molecule has 0 aliphatic rings. The molecule has 0 aliphatic carbocycles. The Morgan fingerprint density at radius 1 is 0.800 bits per heavy atom. The molecule has 0 saturated carbocycles. The van der Waals surface area contributed by atoms with Gasteiger partial charge in [0.2, 0.25) is 0 Å². The molecule has 0 spiro atoms. The monoisotopic (exact) mass is 398 g/mol. The van der Waals surface area contributed by atoms with Crippen molar-refractivity contribution in [1.29, 1.82) is 0 Å². The zero-order valence-electron chi connectivity index (χ0n) is 8.12. The second-order valence-electron chi connectivity index (χ2n) is 2.11. The molecule has 9 heteroatoms. The van der Waals surface area contributed by atoms with Crippen LogP contribution in [0.5, 0.6) is 0 Å². The summed E-state index contributed by atoms with van der Waals surface area (Å²) in [4.78, 5) is 0. The summed E-state index contributed by atoms with van der Waals surface area (Å²) in [7, 11) is 0. The van der Waals surface area contributed by atoms with E-state index in [-0.39, 0.29) is 34.0 Å². The van der Waals surface area contributed by atoms with Crippen LogP contribution in [0.25, 0.3) is 0 Å². The van der Waals surface area contributed by atoms with Gasteiger partial charge in [-0.05, 0) is 23.5 Å². The molecule has 0 atom stereocenters. The summed E-state index contributed by atoms with van der Waals surface area (Å²) >= 11 is 4.82. The first-order valence-electron chi connectivity index (χ1n) is 3.72. The Morgan fingerprint density at radius 3 is 1.40 bits per heavy atom. The van der Waals surface area contributed by atoms with E-state index in [1.807, 2.05) is 11.8 Å². The first-order valence-corrected chi connectivity index (χ1v) is 6.84. The SMILES string of the molecule is NC(=[NH2+])SCCSCCSC(N)=[NH2+].[Br-].[Br-]. The average Bonchev–Trinajstić information content (AvgIpc) is 2.01. The van der Waals surface area contributed by atoms with Crippen molar-refractivity contribution in [2.45, 2.75) is 0 Å². The van der Waals surface area contributed by atoms with Gasteiger partial charge in [-0.25, -0.2) is 0 Å². The van der Waals surface area contributed by atoms with E-state index in [0.29, 0.717) is 10.3 Å². The van der Waals surface area contributed by atoms with Crippen LogP contribution in [0.1, 0.15) is 0 Å². The molecule has 0 aromatic carbocycles. The van der Waals surface area contributed by atoms with Gasteiger partial charge in [-0.3, -0.25) is 22.3 Å². The minimum Gasteiger partial charge on any atom is -1.00 e. The summed E-state index contributed by atoms with van der Waals surface area (Å²) in [6.07, 6.45) is 0. The van der Waals surface area contributed by atoms with Crippen molar-refractivity contribution in [3.05, 3.63) is 0 Å². The van der Waals surface area contributed by atoms with Crippen LogP contribution in [-0.2, 0) is 0 Å². The molecule has 0 aliphatic heterocycles. The molecule has 0 amide bonds. The van der Waals surface area contributed by atoms with Gasteiger partial charge in [-0.2, -0.15) is 11.8 Å². The molecule has 0 aromatic rings. The molecule has 92 valence electrons. The average molecular weight is 400 g/mol. The van der Waals surface area contributed by atoms with Crippen LogP contribution in [0.15, 0.2) is 0 Å². The van der Waals surface area contributed by atoms with E-state index in [4.69, 9.17) is 22.3 Å². The molecule has 8 N–H and O–H groups in total. The molecule has 0 aromatic heterocycles. The molecular weight excluding hydrogens is 384 g/mol. The van der Waals surface area contributed by atoms with Crippen LogP contribution in [0.2, 0.25) is 0 Å². The molecule has 0 radical (unpaired) electrons. The lowest BCUT2D eigenvalue weighted by Crippen LogP contribution is -3.00. The number of nitrogens with two attached hydrogens (primary N) is 4. The predicted molar refractivity (Wildman–Crippen MR) is 64.5 cm³/mol. The second kappa shape index (κ2) is 14.9. The van der Waals surface area contributed by atoms with E-state index in [9.17, 15) is 0 Å². The fraction of sp³-hybridized carbons (Fsp3) is 0.667. The zero-order valence-corrected chi connectivity index (χ0v) is 13.7. The molecular formula is C6H16Br2N4S3. The van der Waals surface area contributed by atoms with Crippen molar-refractivity contribution in [3.63, 3.8) is 0 Å². The fourth-order valence-corrected chi connectivity index (χ4v) is 2.82. The molecule has 0 heterocycles. The highest BCUT2D eigenvalue weighted by Crippen LogP contribution is 2.08. The van der Waals surface area contributed by atoms with E-state index in [1.165, 1.54) is 23.5 Å². The van der Waals surface area contributed by atoms with Gasteiger partial charge in [0.15, 0.2) is 0 Å². The Hall–Kier alpha value is 0.950. The lowest BCUT2D eigenvalue weighted by atomic mass is 10.9. The van der Waals surface area contributed by atoms with Gasteiger partial charge in [0.05, 0.1) is 0 Å². The maximum Gasteiger partial charge on any atom is 0.299 e. The van der Waals surface area contributed by atoms with Gasteiger partial charge in [-0.1, -0.05) is 0 Å². The molecule has 4 nitrogen and oxygen atoms in total. The third kappa shape index (κ3) is 20.9. The Bertz CT molecular complexity index is 164.